The molecule has 1 amide bonds. The van der Waals surface area contributed by atoms with Gasteiger partial charge in [-0.15, -0.1) is 0 Å². The van der Waals surface area contributed by atoms with Gasteiger partial charge in [0, 0.05) is 26.3 Å². The highest BCUT2D eigenvalue weighted by Gasteiger charge is 2.12. The first-order valence-corrected chi connectivity index (χ1v) is 6.30. The summed E-state index contributed by atoms with van der Waals surface area (Å²) in [5.74, 6) is 6.86. The summed E-state index contributed by atoms with van der Waals surface area (Å²) in [6, 6.07) is 1.77. The number of hydrogen-bond acceptors (Lipinski definition) is 7. The number of anilines is 2. The zero-order valence-electron chi connectivity index (χ0n) is 12.3. The van der Waals surface area contributed by atoms with E-state index >= 15 is 0 Å². The largest absolute Gasteiger partial charge is 0.377 e. The van der Waals surface area contributed by atoms with Crippen molar-refractivity contribution in [3.8, 4) is 0 Å². The molecule has 0 saturated carbocycles. The van der Waals surface area contributed by atoms with Gasteiger partial charge in [-0.2, -0.15) is 0 Å². The molecule has 0 aliphatic rings. The maximum Gasteiger partial charge on any atom is 0.239 e. The number of nitrogens with one attached hydrogen (secondary N) is 2. The van der Waals surface area contributed by atoms with Crippen LogP contribution < -0.4 is 21.5 Å². The molecule has 0 spiro atoms. The summed E-state index contributed by atoms with van der Waals surface area (Å²) in [5, 5.41) is 2.82. The fraction of sp³-hybridized carbons (Fsp3) is 0.583. The second kappa shape index (κ2) is 7.61. The number of methoxy groups -OCH3 is 1. The maximum atomic E-state index is 11.7. The lowest BCUT2D eigenvalue weighted by atomic mass is 10.3. The van der Waals surface area contributed by atoms with Crippen molar-refractivity contribution >= 4 is 17.5 Å². The fourth-order valence-corrected chi connectivity index (χ4v) is 1.61. The molecule has 1 heterocycles. The highest BCUT2D eigenvalue weighted by atomic mass is 16.5. The van der Waals surface area contributed by atoms with Crippen LogP contribution in [0.3, 0.4) is 0 Å². The van der Waals surface area contributed by atoms with Gasteiger partial charge in [0.1, 0.15) is 18.2 Å². The van der Waals surface area contributed by atoms with Gasteiger partial charge in [-0.05, 0) is 13.8 Å². The molecule has 0 fully saturated rings. The van der Waals surface area contributed by atoms with Crippen molar-refractivity contribution in [3.63, 3.8) is 0 Å². The van der Waals surface area contributed by atoms with Crippen molar-refractivity contribution in [1.82, 2.24) is 15.3 Å². The molecule has 0 saturated heterocycles. The second-order valence-corrected chi connectivity index (χ2v) is 4.68. The Balaban J connectivity index is 2.82. The van der Waals surface area contributed by atoms with E-state index < -0.39 is 0 Å². The summed E-state index contributed by atoms with van der Waals surface area (Å²) in [7, 11) is 3.34. The van der Waals surface area contributed by atoms with Gasteiger partial charge < -0.3 is 20.4 Å². The molecule has 0 unspecified atom stereocenters. The number of aromatic nitrogens is 2. The molecule has 4 N–H and O–H groups in total. The van der Waals surface area contributed by atoms with E-state index in [-0.39, 0.29) is 25.1 Å². The van der Waals surface area contributed by atoms with Crippen LogP contribution in [0.2, 0.25) is 0 Å². The van der Waals surface area contributed by atoms with Crippen LogP contribution >= 0.6 is 0 Å². The number of rotatable bonds is 7. The third-order valence-electron chi connectivity index (χ3n) is 2.40. The number of hydrazine groups is 1. The first-order valence-electron chi connectivity index (χ1n) is 6.30. The van der Waals surface area contributed by atoms with Crippen LogP contribution in [0.25, 0.3) is 0 Å². The Hall–Kier alpha value is -1.93. The van der Waals surface area contributed by atoms with Crippen molar-refractivity contribution < 1.29 is 9.53 Å². The quantitative estimate of drug-likeness (QED) is 0.472. The van der Waals surface area contributed by atoms with E-state index in [0.29, 0.717) is 17.5 Å². The van der Waals surface area contributed by atoms with Gasteiger partial charge in [-0.3, -0.25) is 4.79 Å². The Morgan fingerprint density at radius 2 is 2.20 bits per heavy atom. The third kappa shape index (κ3) is 4.98. The lowest BCUT2D eigenvalue weighted by Gasteiger charge is -2.19. The molecule has 0 radical (unpaired) electrons. The molecule has 1 aromatic rings. The first-order chi connectivity index (χ1) is 9.46. The third-order valence-corrected chi connectivity index (χ3v) is 2.40. The van der Waals surface area contributed by atoms with E-state index in [1.165, 1.54) is 0 Å². The SMILES string of the molecule is COCc1nc(NN)cc(N(C)CC(=O)NC(C)C)n1. The van der Waals surface area contributed by atoms with Crippen molar-refractivity contribution in [1.29, 1.82) is 0 Å². The van der Waals surface area contributed by atoms with Crippen LogP contribution in [0, 0.1) is 0 Å². The van der Waals surface area contributed by atoms with Crippen LogP contribution in [-0.4, -0.2) is 42.6 Å². The molecule has 20 heavy (non-hydrogen) atoms. The Kier molecular flexibility index (Phi) is 6.13. The Labute approximate surface area is 118 Å². The average molecular weight is 282 g/mol. The van der Waals surface area contributed by atoms with E-state index in [2.05, 4.69) is 20.7 Å². The smallest absolute Gasteiger partial charge is 0.239 e. The Morgan fingerprint density at radius 1 is 1.50 bits per heavy atom. The number of ether oxygens (including phenoxy) is 1. The van der Waals surface area contributed by atoms with Crippen LogP contribution in [-0.2, 0) is 16.1 Å². The Morgan fingerprint density at radius 3 is 2.75 bits per heavy atom. The Bertz CT molecular complexity index is 452. The van der Waals surface area contributed by atoms with E-state index in [4.69, 9.17) is 10.6 Å². The van der Waals surface area contributed by atoms with Crippen molar-refractivity contribution in [2.45, 2.75) is 26.5 Å². The normalized spacial score (nSPS) is 10.5. The van der Waals surface area contributed by atoms with Gasteiger partial charge in [0.25, 0.3) is 0 Å². The average Bonchev–Trinajstić information content (AvgIpc) is 2.37. The van der Waals surface area contributed by atoms with E-state index in [9.17, 15) is 4.79 Å². The summed E-state index contributed by atoms with van der Waals surface area (Å²) in [6.07, 6.45) is 0. The van der Waals surface area contributed by atoms with Crippen LogP contribution in [0.5, 0.6) is 0 Å². The molecule has 1 rings (SSSR count). The molecule has 0 atom stereocenters. The standard InChI is InChI=1S/C12H22N6O2/c1-8(2)14-12(19)6-18(3)11-5-9(17-13)15-10(16-11)7-20-4/h5,8H,6-7,13H2,1-4H3,(H,14,19)(H,15,16,17). The van der Waals surface area contributed by atoms with Crippen LogP contribution in [0.15, 0.2) is 6.07 Å². The van der Waals surface area contributed by atoms with Gasteiger partial charge >= 0.3 is 0 Å². The van der Waals surface area contributed by atoms with Gasteiger partial charge in [0.05, 0.1) is 6.54 Å². The van der Waals surface area contributed by atoms with E-state index in [1.807, 2.05) is 13.8 Å². The van der Waals surface area contributed by atoms with Crippen molar-refractivity contribution in [2.24, 2.45) is 5.84 Å². The number of amides is 1. The summed E-state index contributed by atoms with van der Waals surface area (Å²) in [4.78, 5) is 21.9. The topological polar surface area (TPSA) is 105 Å². The van der Waals surface area contributed by atoms with Gasteiger partial charge in [-0.25, -0.2) is 15.8 Å². The predicted molar refractivity (Wildman–Crippen MR) is 77.1 cm³/mol. The lowest BCUT2D eigenvalue weighted by Crippen LogP contribution is -2.39. The van der Waals surface area contributed by atoms with Gasteiger partial charge in [0.15, 0.2) is 5.82 Å². The molecule has 8 heteroatoms. The number of nitrogens with zero attached hydrogens (tertiary/aromatic N) is 3. The molecule has 0 aliphatic heterocycles. The monoisotopic (exact) mass is 282 g/mol. The maximum absolute atomic E-state index is 11.7. The highest BCUT2D eigenvalue weighted by Crippen LogP contribution is 2.14. The lowest BCUT2D eigenvalue weighted by molar-refractivity contribution is -0.120. The molecule has 8 nitrogen and oxygen atoms in total. The minimum absolute atomic E-state index is 0.0725. The number of carbonyl (C=O) groups is 1. The summed E-state index contributed by atoms with van der Waals surface area (Å²) in [5.41, 5.74) is 2.47. The minimum Gasteiger partial charge on any atom is -0.377 e. The number of hydrogen-bond donors (Lipinski definition) is 3. The van der Waals surface area contributed by atoms with Crippen LogP contribution in [0.4, 0.5) is 11.6 Å². The van der Waals surface area contributed by atoms with E-state index in [1.54, 1.807) is 25.1 Å². The number of carbonyl (C=O) groups excluding carboxylic acids is 1. The molecule has 0 bridgehead atoms. The number of likely N-dealkylation sites (N-methyl/N-ethyl adjacent to an activating group) is 1. The van der Waals surface area contributed by atoms with Gasteiger partial charge in [0.2, 0.25) is 5.91 Å². The number of nitrogens with two attached hydrogens (primary N) is 1. The predicted octanol–water partition coefficient (Wildman–Crippen LogP) is -0.131. The minimum atomic E-state index is -0.0725. The molecular formula is C12H22N6O2. The summed E-state index contributed by atoms with van der Waals surface area (Å²) < 4.78 is 5.00. The van der Waals surface area contributed by atoms with Crippen LogP contribution in [0.1, 0.15) is 19.7 Å². The molecular weight excluding hydrogens is 260 g/mol. The second-order valence-electron chi connectivity index (χ2n) is 4.68. The fourth-order valence-electron chi connectivity index (χ4n) is 1.61. The van der Waals surface area contributed by atoms with Gasteiger partial charge in [-0.1, -0.05) is 0 Å². The molecule has 112 valence electrons. The molecule has 0 aliphatic carbocycles. The zero-order valence-corrected chi connectivity index (χ0v) is 12.3. The van der Waals surface area contributed by atoms with Crippen molar-refractivity contribution in [3.05, 3.63) is 11.9 Å². The highest BCUT2D eigenvalue weighted by molar-refractivity contribution is 5.81. The molecule has 0 aromatic carbocycles. The molecule has 1 aromatic heterocycles. The first kappa shape index (κ1) is 16.1. The van der Waals surface area contributed by atoms with Crippen molar-refractivity contribution in [2.75, 3.05) is 31.0 Å². The zero-order chi connectivity index (χ0) is 15.1. The summed E-state index contributed by atoms with van der Waals surface area (Å²) >= 11 is 0. The number of nitrogen functional groups attached to an aromatic ring is 1. The van der Waals surface area contributed by atoms with E-state index in [0.717, 1.165) is 0 Å². The summed E-state index contributed by atoms with van der Waals surface area (Å²) in [6.45, 7) is 4.30.